The van der Waals surface area contributed by atoms with Gasteiger partial charge in [-0.1, -0.05) is 0 Å². The molecule has 0 amide bonds. The summed E-state index contributed by atoms with van der Waals surface area (Å²) in [6.07, 6.45) is 1.67. The van der Waals surface area contributed by atoms with Crippen LogP contribution in [0.5, 0.6) is 0 Å². The molecule has 2 aliphatic heterocycles. The van der Waals surface area contributed by atoms with Crippen molar-refractivity contribution in [3.8, 4) is 0 Å². The van der Waals surface area contributed by atoms with E-state index in [0.717, 1.165) is 11.5 Å². The second-order valence-corrected chi connectivity index (χ2v) is 3.43. The summed E-state index contributed by atoms with van der Waals surface area (Å²) in [6, 6.07) is 0. The Morgan fingerprint density at radius 1 is 1.07 bits per heavy atom. The van der Waals surface area contributed by atoms with Crippen LogP contribution < -0.4 is 0 Å². The molecule has 0 saturated heterocycles. The second kappa shape index (κ2) is 2.94. The van der Waals surface area contributed by atoms with E-state index in [-0.39, 0.29) is 0 Å². The Morgan fingerprint density at radius 2 is 1.64 bits per heavy atom. The van der Waals surface area contributed by atoms with Gasteiger partial charge in [0, 0.05) is 25.5 Å². The molecule has 0 aromatic carbocycles. The molecule has 0 aromatic heterocycles. The van der Waals surface area contributed by atoms with Crippen LogP contribution in [0.2, 0.25) is 0 Å². The lowest BCUT2D eigenvalue weighted by Gasteiger charge is -2.20. The standard InChI is InChI=1S/C9H13N5/c1-6-7(2)14(4)9(13(6)3)8-5-10-12-11-8/h5H,1-4H3. The molecule has 74 valence electrons. The number of hydrogen-bond acceptors (Lipinski definition) is 5. The molecule has 14 heavy (non-hydrogen) atoms. The van der Waals surface area contributed by atoms with Crippen LogP contribution in [0.4, 0.5) is 0 Å². The molecule has 0 atom stereocenters. The molecule has 0 saturated carbocycles. The van der Waals surface area contributed by atoms with Crippen molar-refractivity contribution in [2.45, 2.75) is 13.8 Å². The third-order valence-corrected chi connectivity index (χ3v) is 2.78. The zero-order chi connectivity index (χ0) is 10.3. The first-order chi connectivity index (χ1) is 6.63. The summed E-state index contributed by atoms with van der Waals surface area (Å²) in [6.45, 7) is 4.17. The summed E-state index contributed by atoms with van der Waals surface area (Å²) in [5, 5.41) is 11.3. The van der Waals surface area contributed by atoms with Crippen LogP contribution in [0.3, 0.4) is 0 Å². The first-order valence-corrected chi connectivity index (χ1v) is 4.46. The molecule has 0 spiro atoms. The summed E-state index contributed by atoms with van der Waals surface area (Å²) < 4.78 is 0. The van der Waals surface area contributed by atoms with Gasteiger partial charge in [0.15, 0.2) is 0 Å². The Labute approximate surface area is 83.1 Å². The van der Waals surface area contributed by atoms with Crippen LogP contribution in [0, 0.1) is 0 Å². The molecule has 0 radical (unpaired) electrons. The van der Waals surface area contributed by atoms with Crippen molar-refractivity contribution in [3.63, 3.8) is 0 Å². The Hall–Kier alpha value is -1.65. The quantitative estimate of drug-likeness (QED) is 0.585. The van der Waals surface area contributed by atoms with Crippen LogP contribution in [-0.4, -0.2) is 30.1 Å². The van der Waals surface area contributed by atoms with E-state index in [9.17, 15) is 0 Å². The number of hydrogen-bond donors (Lipinski definition) is 0. The molecule has 2 aliphatic rings. The van der Waals surface area contributed by atoms with E-state index < -0.39 is 0 Å². The van der Waals surface area contributed by atoms with Crippen molar-refractivity contribution in [2.75, 3.05) is 14.1 Å². The van der Waals surface area contributed by atoms with Gasteiger partial charge < -0.3 is 9.80 Å². The second-order valence-electron chi connectivity index (χ2n) is 3.43. The summed E-state index contributed by atoms with van der Waals surface area (Å²) in [5.74, 6) is 1.03. The van der Waals surface area contributed by atoms with Gasteiger partial charge in [-0.3, -0.25) is 0 Å². The average molecular weight is 191 g/mol. The first kappa shape index (κ1) is 8.93. The number of allylic oxidation sites excluding steroid dienone is 3. The smallest absolute Gasteiger partial charge is 0.149 e. The van der Waals surface area contributed by atoms with Crippen LogP contribution in [0.25, 0.3) is 0 Å². The minimum atomic E-state index is 0.811. The minimum Gasteiger partial charge on any atom is -0.331 e. The first-order valence-electron chi connectivity index (χ1n) is 4.46. The molecule has 2 heterocycles. The van der Waals surface area contributed by atoms with Gasteiger partial charge in [0.1, 0.15) is 11.5 Å². The van der Waals surface area contributed by atoms with Gasteiger partial charge >= 0.3 is 0 Å². The van der Waals surface area contributed by atoms with Crippen molar-refractivity contribution >= 4 is 6.21 Å². The normalized spacial score (nSPS) is 20.9. The summed E-state index contributed by atoms with van der Waals surface area (Å²) >= 11 is 0. The zero-order valence-corrected chi connectivity index (χ0v) is 8.81. The third-order valence-electron chi connectivity index (χ3n) is 2.78. The molecule has 0 unspecified atom stereocenters. The van der Waals surface area contributed by atoms with E-state index in [1.165, 1.54) is 11.4 Å². The van der Waals surface area contributed by atoms with E-state index in [4.69, 9.17) is 0 Å². The van der Waals surface area contributed by atoms with Crippen molar-refractivity contribution in [1.82, 2.24) is 9.80 Å². The van der Waals surface area contributed by atoms with Crippen LogP contribution in [0.1, 0.15) is 13.8 Å². The van der Waals surface area contributed by atoms with Crippen LogP contribution in [0.15, 0.2) is 38.4 Å². The van der Waals surface area contributed by atoms with Gasteiger partial charge in [0.2, 0.25) is 0 Å². The Balaban J connectivity index is 2.47. The molecular formula is C9H13N5. The molecule has 5 nitrogen and oxygen atoms in total. The highest BCUT2D eigenvalue weighted by atomic mass is 15.4. The van der Waals surface area contributed by atoms with E-state index in [0.29, 0.717) is 0 Å². The van der Waals surface area contributed by atoms with E-state index >= 15 is 0 Å². The van der Waals surface area contributed by atoms with Crippen molar-refractivity contribution in [3.05, 3.63) is 22.9 Å². The predicted molar refractivity (Wildman–Crippen MR) is 54.3 cm³/mol. The Bertz CT molecular complexity index is 354. The summed E-state index contributed by atoms with van der Waals surface area (Å²) in [5.41, 5.74) is 3.27. The predicted octanol–water partition coefficient (Wildman–Crippen LogP) is 1.74. The van der Waals surface area contributed by atoms with E-state index in [1.54, 1.807) is 6.21 Å². The van der Waals surface area contributed by atoms with Crippen LogP contribution >= 0.6 is 0 Å². The van der Waals surface area contributed by atoms with Gasteiger partial charge in [-0.15, -0.1) is 10.2 Å². The van der Waals surface area contributed by atoms with Gasteiger partial charge in [-0.2, -0.15) is 0 Å². The minimum absolute atomic E-state index is 0.811. The van der Waals surface area contributed by atoms with Crippen LogP contribution in [-0.2, 0) is 0 Å². The van der Waals surface area contributed by atoms with Crippen molar-refractivity contribution in [2.24, 2.45) is 15.4 Å². The van der Waals surface area contributed by atoms with Gasteiger partial charge in [0.25, 0.3) is 0 Å². The number of rotatable bonds is 0. The average Bonchev–Trinajstić information content (AvgIpc) is 2.73. The molecule has 0 N–H and O–H groups in total. The summed E-state index contributed by atoms with van der Waals surface area (Å²) in [7, 11) is 4.04. The third kappa shape index (κ3) is 1.05. The Kier molecular flexibility index (Phi) is 1.87. The van der Waals surface area contributed by atoms with Gasteiger partial charge in [-0.25, -0.2) is 0 Å². The fraction of sp³-hybridized carbons (Fsp3) is 0.444. The maximum Gasteiger partial charge on any atom is 0.149 e. The fourth-order valence-corrected chi connectivity index (χ4v) is 1.65. The molecule has 5 heteroatoms. The lowest BCUT2D eigenvalue weighted by Crippen LogP contribution is -2.20. The number of nitrogens with zero attached hydrogens (tertiary/aromatic N) is 5. The van der Waals surface area contributed by atoms with Gasteiger partial charge in [-0.05, 0) is 19.1 Å². The lowest BCUT2D eigenvalue weighted by molar-refractivity contribution is 0.417. The van der Waals surface area contributed by atoms with Crippen molar-refractivity contribution in [1.29, 1.82) is 0 Å². The highest BCUT2D eigenvalue weighted by molar-refractivity contribution is 5.80. The van der Waals surface area contributed by atoms with E-state index in [1.807, 2.05) is 14.1 Å². The monoisotopic (exact) mass is 191 g/mol. The topological polar surface area (TPSA) is 43.6 Å². The lowest BCUT2D eigenvalue weighted by atomic mass is 10.4. The highest BCUT2D eigenvalue weighted by Crippen LogP contribution is 2.31. The van der Waals surface area contributed by atoms with Crippen molar-refractivity contribution < 1.29 is 0 Å². The molecule has 0 fully saturated rings. The fourth-order valence-electron chi connectivity index (χ4n) is 1.65. The maximum atomic E-state index is 3.96. The zero-order valence-electron chi connectivity index (χ0n) is 8.81. The maximum absolute atomic E-state index is 3.96. The SMILES string of the molecule is CC1=C(C)N(C)C(=C2C=NN=N2)N1C. The van der Waals surface area contributed by atoms with Gasteiger partial charge in [0.05, 0.1) is 6.21 Å². The molecule has 0 bridgehead atoms. The largest absolute Gasteiger partial charge is 0.331 e. The summed E-state index contributed by atoms with van der Waals surface area (Å²) in [4.78, 5) is 4.20. The molecule has 2 rings (SSSR count). The molecule has 0 aliphatic carbocycles. The molecule has 0 aromatic rings. The Morgan fingerprint density at radius 3 is 2.07 bits per heavy atom. The highest BCUT2D eigenvalue weighted by Gasteiger charge is 2.27. The van der Waals surface area contributed by atoms with E-state index in [2.05, 4.69) is 39.1 Å². The molecular weight excluding hydrogens is 178 g/mol.